The molecule has 0 spiro atoms. The summed E-state index contributed by atoms with van der Waals surface area (Å²) in [5, 5.41) is 0.760. The van der Waals surface area contributed by atoms with Gasteiger partial charge in [-0.15, -0.1) is 11.3 Å². The SMILES string of the molecule is Cc1sc2nc(CN3CCCCC3)nc(NS(=O)(=O)c3ccc4c(c3)OCCO4)c2c1C. The van der Waals surface area contributed by atoms with Crippen molar-refractivity contribution in [1.29, 1.82) is 0 Å². The Morgan fingerprint density at radius 3 is 2.59 bits per heavy atom. The second kappa shape index (κ2) is 8.49. The molecule has 0 bridgehead atoms. The summed E-state index contributed by atoms with van der Waals surface area (Å²) in [6, 6.07) is 4.64. The van der Waals surface area contributed by atoms with Crippen LogP contribution in [0.3, 0.4) is 0 Å². The zero-order valence-corrected chi connectivity index (χ0v) is 19.8. The molecule has 2 aliphatic heterocycles. The first-order valence-corrected chi connectivity index (χ1v) is 13.1. The molecule has 3 aromatic rings. The van der Waals surface area contributed by atoms with Gasteiger partial charge in [0.25, 0.3) is 10.0 Å². The topological polar surface area (TPSA) is 93.7 Å². The molecule has 8 nitrogen and oxygen atoms in total. The third-order valence-corrected chi connectivity index (χ3v) is 8.38. The first-order valence-electron chi connectivity index (χ1n) is 10.8. The molecular formula is C22H26N4O4S2. The van der Waals surface area contributed by atoms with E-state index in [4.69, 9.17) is 14.5 Å². The summed E-state index contributed by atoms with van der Waals surface area (Å²) in [6.45, 7) is 7.49. The second-order valence-electron chi connectivity index (χ2n) is 8.20. The lowest BCUT2D eigenvalue weighted by Gasteiger charge is -2.25. The van der Waals surface area contributed by atoms with Crippen LogP contribution >= 0.6 is 11.3 Å². The van der Waals surface area contributed by atoms with Crippen LogP contribution in [0, 0.1) is 13.8 Å². The summed E-state index contributed by atoms with van der Waals surface area (Å²) in [4.78, 5) is 13.8. The number of anilines is 1. The summed E-state index contributed by atoms with van der Waals surface area (Å²) in [7, 11) is -3.88. The van der Waals surface area contributed by atoms with Crippen LogP contribution in [0.4, 0.5) is 5.82 Å². The van der Waals surface area contributed by atoms with Gasteiger partial charge >= 0.3 is 0 Å². The standard InChI is InChI=1S/C22H26N4O4S2/c1-14-15(2)31-22-20(14)21(23-19(24-22)13-26-8-4-3-5-9-26)25-32(27,28)16-6-7-17-18(12-16)30-11-10-29-17/h6-7,12H,3-5,8-11,13H2,1-2H3,(H,23,24,25). The summed E-state index contributed by atoms with van der Waals surface area (Å²) in [5.41, 5.74) is 0.995. The van der Waals surface area contributed by atoms with Gasteiger partial charge in [0, 0.05) is 10.9 Å². The molecule has 10 heteroatoms. The first kappa shape index (κ1) is 21.4. The zero-order chi connectivity index (χ0) is 22.3. The highest BCUT2D eigenvalue weighted by Crippen LogP contribution is 2.36. The van der Waals surface area contributed by atoms with Gasteiger partial charge in [0.1, 0.15) is 23.9 Å². The van der Waals surface area contributed by atoms with E-state index in [1.807, 2.05) is 13.8 Å². The van der Waals surface area contributed by atoms with E-state index in [-0.39, 0.29) is 4.90 Å². The van der Waals surface area contributed by atoms with Gasteiger partial charge in [-0.2, -0.15) is 0 Å². The van der Waals surface area contributed by atoms with Gasteiger partial charge in [0.2, 0.25) is 0 Å². The summed E-state index contributed by atoms with van der Waals surface area (Å²) >= 11 is 1.57. The minimum Gasteiger partial charge on any atom is -0.486 e. The van der Waals surface area contributed by atoms with E-state index < -0.39 is 10.0 Å². The average molecular weight is 475 g/mol. The van der Waals surface area contributed by atoms with Gasteiger partial charge in [-0.3, -0.25) is 9.62 Å². The number of nitrogens with zero attached hydrogens (tertiary/aromatic N) is 3. The van der Waals surface area contributed by atoms with Crippen LogP contribution < -0.4 is 14.2 Å². The van der Waals surface area contributed by atoms with Crippen LogP contribution in [0.2, 0.25) is 0 Å². The molecule has 1 N–H and O–H groups in total. The number of hydrogen-bond acceptors (Lipinski definition) is 8. The van der Waals surface area contributed by atoms with Crippen LogP contribution in [0.1, 0.15) is 35.5 Å². The Labute approximate surface area is 191 Å². The Hall–Kier alpha value is -2.43. The van der Waals surface area contributed by atoms with Gasteiger partial charge in [-0.25, -0.2) is 18.4 Å². The van der Waals surface area contributed by atoms with E-state index in [1.165, 1.54) is 31.4 Å². The van der Waals surface area contributed by atoms with Crippen molar-refractivity contribution < 1.29 is 17.9 Å². The maximum atomic E-state index is 13.3. The van der Waals surface area contributed by atoms with Crippen molar-refractivity contribution >= 4 is 37.4 Å². The molecular weight excluding hydrogens is 448 g/mol. The largest absolute Gasteiger partial charge is 0.486 e. The fourth-order valence-corrected chi connectivity index (χ4v) is 6.21. The molecule has 1 saturated heterocycles. The molecule has 0 radical (unpaired) electrons. The molecule has 2 aromatic heterocycles. The number of hydrogen-bond donors (Lipinski definition) is 1. The predicted octanol–water partition coefficient (Wildman–Crippen LogP) is 3.87. The quantitative estimate of drug-likeness (QED) is 0.600. The van der Waals surface area contributed by atoms with E-state index in [2.05, 4.69) is 14.6 Å². The van der Waals surface area contributed by atoms with E-state index >= 15 is 0 Å². The maximum absolute atomic E-state index is 13.3. The third kappa shape index (κ3) is 4.14. The summed E-state index contributed by atoms with van der Waals surface area (Å²) in [6.07, 6.45) is 3.59. The lowest BCUT2D eigenvalue weighted by atomic mass is 10.1. The molecule has 2 aliphatic rings. The fourth-order valence-electron chi connectivity index (χ4n) is 4.13. The van der Waals surface area contributed by atoms with Crippen molar-refractivity contribution in [2.24, 2.45) is 0 Å². The fraction of sp³-hybridized carbons (Fsp3) is 0.455. The van der Waals surface area contributed by atoms with Crippen LogP contribution in [0.15, 0.2) is 23.1 Å². The Kier molecular flexibility index (Phi) is 5.68. The minimum absolute atomic E-state index is 0.107. The Bertz CT molecular complexity index is 1270. The highest BCUT2D eigenvalue weighted by Gasteiger charge is 2.24. The smallest absolute Gasteiger partial charge is 0.263 e. The van der Waals surface area contributed by atoms with Gasteiger partial charge < -0.3 is 9.47 Å². The van der Waals surface area contributed by atoms with Gasteiger partial charge in [0.05, 0.1) is 16.8 Å². The number of benzene rings is 1. The number of piperidine rings is 1. The number of nitrogens with one attached hydrogen (secondary N) is 1. The van der Waals surface area contributed by atoms with Crippen LogP contribution in [-0.4, -0.2) is 49.6 Å². The summed E-state index contributed by atoms with van der Waals surface area (Å²) in [5.74, 6) is 1.95. The Morgan fingerprint density at radius 1 is 1.06 bits per heavy atom. The molecule has 4 heterocycles. The van der Waals surface area contributed by atoms with Crippen LogP contribution in [-0.2, 0) is 16.6 Å². The number of ether oxygens (including phenoxy) is 2. The van der Waals surface area contributed by atoms with Gasteiger partial charge in [0.15, 0.2) is 17.3 Å². The van der Waals surface area contributed by atoms with Crippen LogP contribution in [0.25, 0.3) is 10.2 Å². The van der Waals surface area contributed by atoms with Crippen LogP contribution in [0.5, 0.6) is 11.5 Å². The van der Waals surface area contributed by atoms with Gasteiger partial charge in [-0.05, 0) is 57.5 Å². The number of rotatable bonds is 5. The van der Waals surface area contributed by atoms with E-state index in [0.29, 0.717) is 42.9 Å². The normalized spacial score (nSPS) is 16.9. The number of fused-ring (bicyclic) bond motifs is 2. The summed E-state index contributed by atoms with van der Waals surface area (Å²) < 4.78 is 40.3. The monoisotopic (exact) mass is 474 g/mol. The highest BCUT2D eigenvalue weighted by atomic mass is 32.2. The lowest BCUT2D eigenvalue weighted by molar-refractivity contribution is 0.171. The number of thiophene rings is 1. The molecule has 0 aliphatic carbocycles. The molecule has 170 valence electrons. The molecule has 5 rings (SSSR count). The number of aryl methyl sites for hydroxylation is 2. The van der Waals surface area contributed by atoms with E-state index in [0.717, 1.165) is 33.7 Å². The highest BCUT2D eigenvalue weighted by molar-refractivity contribution is 7.92. The molecule has 1 aromatic carbocycles. The molecule has 1 fully saturated rings. The molecule has 0 unspecified atom stereocenters. The van der Waals surface area contributed by atoms with Crippen molar-refractivity contribution in [3.8, 4) is 11.5 Å². The van der Waals surface area contributed by atoms with Crippen molar-refractivity contribution in [2.75, 3.05) is 31.0 Å². The van der Waals surface area contributed by atoms with Crippen molar-refractivity contribution in [1.82, 2.24) is 14.9 Å². The van der Waals surface area contributed by atoms with Gasteiger partial charge in [-0.1, -0.05) is 6.42 Å². The Morgan fingerprint density at radius 2 is 1.81 bits per heavy atom. The van der Waals surface area contributed by atoms with Crippen molar-refractivity contribution in [3.05, 3.63) is 34.5 Å². The maximum Gasteiger partial charge on any atom is 0.263 e. The van der Waals surface area contributed by atoms with E-state index in [9.17, 15) is 8.42 Å². The number of likely N-dealkylation sites (tertiary alicyclic amines) is 1. The zero-order valence-electron chi connectivity index (χ0n) is 18.2. The third-order valence-electron chi connectivity index (χ3n) is 5.94. The van der Waals surface area contributed by atoms with Crippen molar-refractivity contribution in [3.63, 3.8) is 0 Å². The van der Waals surface area contributed by atoms with Crippen molar-refractivity contribution in [2.45, 2.75) is 44.6 Å². The lowest BCUT2D eigenvalue weighted by Crippen LogP contribution is -2.30. The average Bonchev–Trinajstić information content (AvgIpc) is 3.07. The molecule has 32 heavy (non-hydrogen) atoms. The minimum atomic E-state index is -3.88. The predicted molar refractivity (Wildman–Crippen MR) is 124 cm³/mol. The Balaban J connectivity index is 1.51. The first-order chi connectivity index (χ1) is 15.4. The van der Waals surface area contributed by atoms with E-state index in [1.54, 1.807) is 17.4 Å². The molecule has 0 atom stereocenters. The number of aromatic nitrogens is 2. The molecule has 0 saturated carbocycles. The molecule has 0 amide bonds. The number of sulfonamides is 1. The second-order valence-corrected chi connectivity index (χ2v) is 11.1.